The topological polar surface area (TPSA) is 17.1 Å². The molecule has 1 nitrogen and oxygen atoms in total. The number of carbonyl (C=O) groups excluding carboxylic acids is 1. The zero-order valence-electron chi connectivity index (χ0n) is 7.48. The van der Waals surface area contributed by atoms with Crippen molar-refractivity contribution in [3.8, 4) is 0 Å². The third-order valence-electron chi connectivity index (χ3n) is 1.89. The predicted molar refractivity (Wildman–Crippen MR) is 43.9 cm³/mol. The number of carbonyl (C=O) groups is 1. The van der Waals surface area contributed by atoms with Crippen LogP contribution < -0.4 is 0 Å². The van der Waals surface area contributed by atoms with Crippen molar-refractivity contribution in [3.63, 3.8) is 0 Å². The van der Waals surface area contributed by atoms with Crippen LogP contribution in [0, 0.1) is 11.8 Å². The normalized spacial score (nSPS) is 13.7. The van der Waals surface area contributed by atoms with Gasteiger partial charge in [-0.05, 0) is 5.92 Å². The van der Waals surface area contributed by atoms with Crippen molar-refractivity contribution in [3.05, 3.63) is 0 Å². The van der Waals surface area contributed by atoms with Crippen LogP contribution >= 0.6 is 0 Å². The Morgan fingerprint density at radius 3 is 2.10 bits per heavy atom. The van der Waals surface area contributed by atoms with Gasteiger partial charge < -0.3 is 0 Å². The molecule has 0 unspecified atom stereocenters. The van der Waals surface area contributed by atoms with Crippen molar-refractivity contribution in [1.29, 1.82) is 0 Å². The minimum absolute atomic E-state index is 0.217. The van der Waals surface area contributed by atoms with Gasteiger partial charge in [-0.3, -0.25) is 4.79 Å². The van der Waals surface area contributed by atoms with Crippen molar-refractivity contribution in [2.45, 2.75) is 40.5 Å². The number of hydrogen-bond acceptors (Lipinski definition) is 1. The van der Waals surface area contributed by atoms with Gasteiger partial charge in [0, 0.05) is 12.3 Å². The maximum absolute atomic E-state index is 11.1. The molecule has 0 aromatic carbocycles. The Morgan fingerprint density at radius 2 is 1.80 bits per heavy atom. The molecule has 0 bridgehead atoms. The molecule has 0 aliphatic rings. The second kappa shape index (κ2) is 4.48. The third-order valence-corrected chi connectivity index (χ3v) is 1.89. The fourth-order valence-electron chi connectivity index (χ4n) is 0.723. The summed E-state index contributed by atoms with van der Waals surface area (Å²) in [7, 11) is 0. The lowest BCUT2D eigenvalue weighted by atomic mass is 9.96. The lowest BCUT2D eigenvalue weighted by molar-refractivity contribution is -0.122. The Bertz CT molecular complexity index is 105. The summed E-state index contributed by atoms with van der Waals surface area (Å²) in [4.78, 5) is 11.1. The van der Waals surface area contributed by atoms with Crippen LogP contribution in [0.4, 0.5) is 0 Å². The van der Waals surface area contributed by atoms with Crippen LogP contribution in [0.5, 0.6) is 0 Å². The molecule has 0 aliphatic heterocycles. The first-order chi connectivity index (χ1) is 4.57. The Morgan fingerprint density at radius 1 is 1.30 bits per heavy atom. The highest BCUT2D eigenvalue weighted by Gasteiger charge is 2.10. The van der Waals surface area contributed by atoms with Crippen molar-refractivity contribution in [2.24, 2.45) is 11.8 Å². The molecule has 1 heteroatoms. The first-order valence-electron chi connectivity index (χ1n) is 4.10. The number of Topliss-reactive ketones (excluding diaryl/α,β-unsaturated/α-hetero) is 1. The van der Waals surface area contributed by atoms with Gasteiger partial charge in [-0.1, -0.05) is 34.1 Å². The zero-order valence-corrected chi connectivity index (χ0v) is 7.48. The van der Waals surface area contributed by atoms with Crippen LogP contribution in [0.2, 0.25) is 0 Å². The highest BCUT2D eigenvalue weighted by atomic mass is 16.1. The molecule has 0 spiro atoms. The predicted octanol–water partition coefficient (Wildman–Crippen LogP) is 2.65. The summed E-state index contributed by atoms with van der Waals surface area (Å²) in [6, 6.07) is 0. The fraction of sp³-hybridized carbons (Fsp3) is 0.889. The lowest BCUT2D eigenvalue weighted by Gasteiger charge is -2.08. The molecule has 0 aromatic heterocycles. The molecule has 0 radical (unpaired) electrons. The van der Waals surface area contributed by atoms with Gasteiger partial charge in [-0.2, -0.15) is 0 Å². The second-order valence-electron chi connectivity index (χ2n) is 3.34. The number of ketones is 1. The van der Waals surface area contributed by atoms with E-state index in [2.05, 4.69) is 13.8 Å². The molecular formula is C9H18O. The number of rotatable bonds is 4. The molecule has 60 valence electrons. The molecule has 0 saturated heterocycles. The summed E-state index contributed by atoms with van der Waals surface area (Å²) in [6.45, 7) is 8.17. The molecule has 0 rings (SSSR count). The van der Waals surface area contributed by atoms with Crippen LogP contribution in [0.1, 0.15) is 40.5 Å². The van der Waals surface area contributed by atoms with Crippen LogP contribution in [0.15, 0.2) is 0 Å². The maximum atomic E-state index is 11.1. The largest absolute Gasteiger partial charge is 0.299 e. The molecule has 10 heavy (non-hydrogen) atoms. The summed E-state index contributed by atoms with van der Waals surface area (Å²) < 4.78 is 0. The van der Waals surface area contributed by atoms with E-state index < -0.39 is 0 Å². The quantitative estimate of drug-likeness (QED) is 0.589. The van der Waals surface area contributed by atoms with Crippen molar-refractivity contribution >= 4 is 5.78 Å². The van der Waals surface area contributed by atoms with Gasteiger partial charge in [-0.15, -0.1) is 0 Å². The maximum Gasteiger partial charge on any atom is 0.135 e. The molecule has 0 aliphatic carbocycles. The van der Waals surface area contributed by atoms with E-state index in [-0.39, 0.29) is 5.92 Å². The highest BCUT2D eigenvalue weighted by molar-refractivity contribution is 5.80. The monoisotopic (exact) mass is 142 g/mol. The molecule has 0 amide bonds. The van der Waals surface area contributed by atoms with E-state index in [9.17, 15) is 4.79 Å². The summed E-state index contributed by atoms with van der Waals surface area (Å²) in [5.41, 5.74) is 0. The van der Waals surface area contributed by atoms with E-state index in [0.717, 1.165) is 12.8 Å². The Kier molecular flexibility index (Phi) is 4.33. The van der Waals surface area contributed by atoms with Crippen LogP contribution in [0.3, 0.4) is 0 Å². The highest BCUT2D eigenvalue weighted by Crippen LogP contribution is 2.10. The summed E-state index contributed by atoms with van der Waals surface area (Å²) >= 11 is 0. The number of hydrogen-bond donors (Lipinski definition) is 0. The Balaban J connectivity index is 3.57. The molecule has 0 N–H and O–H groups in total. The van der Waals surface area contributed by atoms with E-state index in [0.29, 0.717) is 11.7 Å². The molecule has 0 heterocycles. The summed E-state index contributed by atoms with van der Waals surface area (Å²) in [5, 5.41) is 0. The second-order valence-corrected chi connectivity index (χ2v) is 3.34. The van der Waals surface area contributed by atoms with Crippen molar-refractivity contribution < 1.29 is 4.79 Å². The van der Waals surface area contributed by atoms with Gasteiger partial charge >= 0.3 is 0 Å². The molecular weight excluding hydrogens is 124 g/mol. The van der Waals surface area contributed by atoms with E-state index >= 15 is 0 Å². The van der Waals surface area contributed by atoms with E-state index in [1.807, 2.05) is 13.8 Å². The van der Waals surface area contributed by atoms with E-state index in [1.54, 1.807) is 0 Å². The third kappa shape index (κ3) is 3.65. The first kappa shape index (κ1) is 9.67. The first-order valence-corrected chi connectivity index (χ1v) is 4.10. The standard InChI is InChI=1S/C9H18O/c1-5-8(4)6-9(10)7(2)3/h7-8H,5-6H2,1-4H3/t8-/m0/s1. The van der Waals surface area contributed by atoms with Crippen LogP contribution in [-0.2, 0) is 4.79 Å². The SMILES string of the molecule is CC[C@H](C)CC(=O)C(C)C. The summed E-state index contributed by atoms with van der Waals surface area (Å²) in [5.74, 6) is 1.18. The van der Waals surface area contributed by atoms with Gasteiger partial charge in [0.1, 0.15) is 5.78 Å². The Labute approximate surface area is 63.8 Å². The van der Waals surface area contributed by atoms with Gasteiger partial charge in [0.2, 0.25) is 0 Å². The molecule has 0 aromatic rings. The van der Waals surface area contributed by atoms with Gasteiger partial charge in [0.25, 0.3) is 0 Å². The Hall–Kier alpha value is -0.330. The smallest absolute Gasteiger partial charge is 0.135 e. The molecule has 0 fully saturated rings. The van der Waals surface area contributed by atoms with Gasteiger partial charge in [-0.25, -0.2) is 0 Å². The minimum Gasteiger partial charge on any atom is -0.299 e. The van der Waals surface area contributed by atoms with Gasteiger partial charge in [0.05, 0.1) is 0 Å². The van der Waals surface area contributed by atoms with Crippen molar-refractivity contribution in [1.82, 2.24) is 0 Å². The lowest BCUT2D eigenvalue weighted by Crippen LogP contribution is -2.10. The van der Waals surface area contributed by atoms with E-state index in [4.69, 9.17) is 0 Å². The van der Waals surface area contributed by atoms with Gasteiger partial charge in [0.15, 0.2) is 0 Å². The average molecular weight is 142 g/mol. The molecule has 1 atom stereocenters. The fourth-order valence-corrected chi connectivity index (χ4v) is 0.723. The average Bonchev–Trinajstić information content (AvgIpc) is 1.87. The minimum atomic E-state index is 0.217. The van der Waals surface area contributed by atoms with E-state index in [1.165, 1.54) is 0 Å². The summed E-state index contributed by atoms with van der Waals surface area (Å²) in [6.07, 6.45) is 1.87. The van der Waals surface area contributed by atoms with Crippen LogP contribution in [0.25, 0.3) is 0 Å². The van der Waals surface area contributed by atoms with Crippen molar-refractivity contribution in [2.75, 3.05) is 0 Å². The zero-order chi connectivity index (χ0) is 8.15. The van der Waals surface area contributed by atoms with Crippen LogP contribution in [-0.4, -0.2) is 5.78 Å². The molecule has 0 saturated carbocycles.